The van der Waals surface area contributed by atoms with E-state index in [0.717, 1.165) is 18.4 Å². The molecule has 0 aliphatic heterocycles. The first-order valence-electron chi connectivity index (χ1n) is 6.20. The summed E-state index contributed by atoms with van der Waals surface area (Å²) in [6.07, 6.45) is 5.20. The van der Waals surface area contributed by atoms with E-state index in [1.54, 1.807) is 12.4 Å². The zero-order chi connectivity index (χ0) is 13.0. The van der Waals surface area contributed by atoms with E-state index >= 15 is 0 Å². The summed E-state index contributed by atoms with van der Waals surface area (Å²) in [5.74, 6) is 1.19. The Morgan fingerprint density at radius 1 is 1.33 bits per heavy atom. The number of aromatic nitrogens is 3. The van der Waals surface area contributed by atoms with Gasteiger partial charge in [-0.1, -0.05) is 19.0 Å². The fourth-order valence-corrected chi connectivity index (χ4v) is 1.98. The monoisotopic (exact) mass is 246 g/mol. The van der Waals surface area contributed by atoms with Gasteiger partial charge in [0.15, 0.2) is 0 Å². The molecule has 2 aromatic rings. The molecule has 2 heterocycles. The van der Waals surface area contributed by atoms with E-state index in [2.05, 4.69) is 29.0 Å². The summed E-state index contributed by atoms with van der Waals surface area (Å²) in [5.41, 5.74) is 6.51. The molecule has 0 aliphatic rings. The molecule has 0 amide bonds. The minimum absolute atomic E-state index is 0.215. The third-order valence-electron chi connectivity index (χ3n) is 3.54. The minimum atomic E-state index is -0.215. The smallest absolute Gasteiger partial charge is 0.234 e. The SMILES string of the molecule is CCC(CC)(CN)c1nc(-c2cccnc2)no1. The van der Waals surface area contributed by atoms with Crippen molar-refractivity contribution >= 4 is 0 Å². The quantitative estimate of drug-likeness (QED) is 0.874. The van der Waals surface area contributed by atoms with Crippen molar-refractivity contribution in [2.75, 3.05) is 6.54 Å². The number of rotatable bonds is 5. The first-order chi connectivity index (χ1) is 8.75. The van der Waals surface area contributed by atoms with Gasteiger partial charge in [0.25, 0.3) is 0 Å². The molecule has 0 atom stereocenters. The van der Waals surface area contributed by atoms with Crippen molar-refractivity contribution < 1.29 is 4.52 Å². The van der Waals surface area contributed by atoms with Crippen molar-refractivity contribution in [1.29, 1.82) is 0 Å². The summed E-state index contributed by atoms with van der Waals surface area (Å²) in [4.78, 5) is 8.51. The van der Waals surface area contributed by atoms with E-state index in [9.17, 15) is 0 Å². The molecule has 96 valence electrons. The minimum Gasteiger partial charge on any atom is -0.338 e. The molecule has 0 radical (unpaired) electrons. The predicted octanol–water partition coefficient (Wildman–Crippen LogP) is 2.15. The van der Waals surface area contributed by atoms with E-state index in [4.69, 9.17) is 10.3 Å². The van der Waals surface area contributed by atoms with Gasteiger partial charge in [-0.3, -0.25) is 4.98 Å². The molecule has 2 rings (SSSR count). The lowest BCUT2D eigenvalue weighted by atomic mass is 9.82. The highest BCUT2D eigenvalue weighted by atomic mass is 16.5. The summed E-state index contributed by atoms with van der Waals surface area (Å²) >= 11 is 0. The van der Waals surface area contributed by atoms with Crippen LogP contribution in [0.3, 0.4) is 0 Å². The second kappa shape index (κ2) is 5.27. The van der Waals surface area contributed by atoms with Crippen LogP contribution in [-0.4, -0.2) is 21.7 Å². The molecular weight excluding hydrogens is 228 g/mol. The molecule has 0 aromatic carbocycles. The third-order valence-corrected chi connectivity index (χ3v) is 3.54. The summed E-state index contributed by atoms with van der Waals surface area (Å²) in [6.45, 7) is 4.68. The first-order valence-corrected chi connectivity index (χ1v) is 6.20. The summed E-state index contributed by atoms with van der Waals surface area (Å²) in [5, 5.41) is 4.01. The van der Waals surface area contributed by atoms with Gasteiger partial charge in [0.2, 0.25) is 11.7 Å². The molecular formula is C13H18N4O. The van der Waals surface area contributed by atoms with Gasteiger partial charge in [-0.15, -0.1) is 0 Å². The topological polar surface area (TPSA) is 77.8 Å². The molecule has 0 spiro atoms. The number of hydrogen-bond donors (Lipinski definition) is 1. The number of pyridine rings is 1. The second-order valence-electron chi connectivity index (χ2n) is 4.36. The Balaban J connectivity index is 2.36. The fourth-order valence-electron chi connectivity index (χ4n) is 1.98. The van der Waals surface area contributed by atoms with Crippen molar-refractivity contribution in [2.24, 2.45) is 5.73 Å². The van der Waals surface area contributed by atoms with Gasteiger partial charge in [-0.25, -0.2) is 0 Å². The number of nitrogens with two attached hydrogens (primary N) is 1. The van der Waals surface area contributed by atoms with E-state index in [1.165, 1.54) is 0 Å². The Kier molecular flexibility index (Phi) is 3.72. The second-order valence-corrected chi connectivity index (χ2v) is 4.36. The molecule has 2 N–H and O–H groups in total. The van der Waals surface area contributed by atoms with Crippen LogP contribution in [-0.2, 0) is 5.41 Å². The highest BCUT2D eigenvalue weighted by Gasteiger charge is 2.33. The lowest BCUT2D eigenvalue weighted by Gasteiger charge is -2.24. The van der Waals surface area contributed by atoms with Crippen LogP contribution in [0, 0.1) is 0 Å². The average molecular weight is 246 g/mol. The summed E-state index contributed by atoms with van der Waals surface area (Å²) in [6, 6.07) is 3.75. The largest absolute Gasteiger partial charge is 0.338 e. The van der Waals surface area contributed by atoms with Crippen molar-refractivity contribution in [1.82, 2.24) is 15.1 Å². The molecule has 0 saturated carbocycles. The molecule has 5 heteroatoms. The first kappa shape index (κ1) is 12.7. The van der Waals surface area contributed by atoms with E-state index in [1.807, 2.05) is 12.1 Å². The van der Waals surface area contributed by atoms with Crippen LogP contribution < -0.4 is 5.73 Å². The zero-order valence-corrected chi connectivity index (χ0v) is 10.8. The van der Waals surface area contributed by atoms with E-state index in [-0.39, 0.29) is 5.41 Å². The van der Waals surface area contributed by atoms with Gasteiger partial charge in [0.1, 0.15) is 0 Å². The Labute approximate surface area is 106 Å². The van der Waals surface area contributed by atoms with Crippen molar-refractivity contribution in [3.63, 3.8) is 0 Å². The number of hydrogen-bond acceptors (Lipinski definition) is 5. The van der Waals surface area contributed by atoms with Crippen molar-refractivity contribution in [3.05, 3.63) is 30.4 Å². The predicted molar refractivity (Wildman–Crippen MR) is 68.8 cm³/mol. The lowest BCUT2D eigenvalue weighted by Crippen LogP contribution is -2.34. The molecule has 0 bridgehead atoms. The van der Waals surface area contributed by atoms with Crippen molar-refractivity contribution in [3.8, 4) is 11.4 Å². The highest BCUT2D eigenvalue weighted by molar-refractivity contribution is 5.52. The van der Waals surface area contributed by atoms with E-state index < -0.39 is 0 Å². The standard InChI is InChI=1S/C13H18N4O/c1-3-13(4-2,9-14)12-16-11(17-18-12)10-6-5-7-15-8-10/h5-8H,3-4,9,14H2,1-2H3. The Bertz CT molecular complexity index is 482. The van der Waals surface area contributed by atoms with Gasteiger partial charge in [-0.05, 0) is 25.0 Å². The van der Waals surface area contributed by atoms with Crippen LogP contribution in [0.1, 0.15) is 32.6 Å². The maximum Gasteiger partial charge on any atom is 0.234 e. The Morgan fingerprint density at radius 2 is 2.11 bits per heavy atom. The lowest BCUT2D eigenvalue weighted by molar-refractivity contribution is 0.267. The van der Waals surface area contributed by atoms with E-state index in [0.29, 0.717) is 18.3 Å². The molecule has 0 aliphatic carbocycles. The fraction of sp³-hybridized carbons (Fsp3) is 0.462. The van der Waals surface area contributed by atoms with Crippen LogP contribution in [0.2, 0.25) is 0 Å². The van der Waals surface area contributed by atoms with Crippen molar-refractivity contribution in [2.45, 2.75) is 32.1 Å². The van der Waals surface area contributed by atoms with Gasteiger partial charge in [0, 0.05) is 24.5 Å². The van der Waals surface area contributed by atoms with Gasteiger partial charge >= 0.3 is 0 Å². The van der Waals surface area contributed by atoms with Crippen LogP contribution >= 0.6 is 0 Å². The van der Waals surface area contributed by atoms with Crippen LogP contribution in [0.15, 0.2) is 29.0 Å². The van der Waals surface area contributed by atoms with Gasteiger partial charge < -0.3 is 10.3 Å². The molecule has 5 nitrogen and oxygen atoms in total. The van der Waals surface area contributed by atoms with Gasteiger partial charge in [0.05, 0.1) is 5.41 Å². The maximum atomic E-state index is 5.87. The maximum absolute atomic E-state index is 5.87. The van der Waals surface area contributed by atoms with Crippen LogP contribution in [0.25, 0.3) is 11.4 Å². The zero-order valence-electron chi connectivity index (χ0n) is 10.8. The Hall–Kier alpha value is -1.75. The van der Waals surface area contributed by atoms with Crippen LogP contribution in [0.5, 0.6) is 0 Å². The average Bonchev–Trinajstić information content (AvgIpc) is 2.93. The summed E-state index contributed by atoms with van der Waals surface area (Å²) < 4.78 is 5.39. The molecule has 0 unspecified atom stereocenters. The van der Waals surface area contributed by atoms with Gasteiger partial charge in [-0.2, -0.15) is 4.98 Å². The third kappa shape index (κ3) is 2.13. The molecule has 18 heavy (non-hydrogen) atoms. The molecule has 0 fully saturated rings. The number of nitrogens with zero attached hydrogens (tertiary/aromatic N) is 3. The highest BCUT2D eigenvalue weighted by Crippen LogP contribution is 2.30. The molecule has 0 saturated heterocycles. The molecule has 2 aromatic heterocycles. The summed E-state index contributed by atoms with van der Waals surface area (Å²) in [7, 11) is 0. The van der Waals surface area contributed by atoms with Crippen LogP contribution in [0.4, 0.5) is 0 Å². The Morgan fingerprint density at radius 3 is 2.67 bits per heavy atom. The normalized spacial score (nSPS) is 11.7.